The zero-order valence-corrected chi connectivity index (χ0v) is 12.8. The van der Waals surface area contributed by atoms with Gasteiger partial charge in [-0.2, -0.15) is 0 Å². The van der Waals surface area contributed by atoms with Crippen LogP contribution in [0.4, 0.5) is 0 Å². The van der Waals surface area contributed by atoms with Gasteiger partial charge in [0.05, 0.1) is 0 Å². The van der Waals surface area contributed by atoms with Crippen LogP contribution in [0.1, 0.15) is 31.2 Å². The minimum absolute atomic E-state index is 0.0845. The molecule has 2 rings (SSSR count). The predicted octanol–water partition coefficient (Wildman–Crippen LogP) is 3.06. The van der Waals surface area contributed by atoms with Crippen LogP contribution >= 0.6 is 11.6 Å². The summed E-state index contributed by atoms with van der Waals surface area (Å²) in [5.74, 6) is 0.631. The number of hydrogen-bond donors (Lipinski definition) is 1. The number of carbonyl (C=O) groups is 1. The molecular formula is C16H23ClN2O. The van der Waals surface area contributed by atoms with Crippen LogP contribution in [0.2, 0.25) is 5.02 Å². The number of nitrogens with two attached hydrogens (primary N) is 1. The van der Waals surface area contributed by atoms with Gasteiger partial charge in [-0.3, -0.25) is 4.79 Å². The smallest absolute Gasteiger partial charge is 0.226 e. The van der Waals surface area contributed by atoms with Gasteiger partial charge in [0.2, 0.25) is 5.91 Å². The van der Waals surface area contributed by atoms with Gasteiger partial charge in [0.25, 0.3) is 0 Å². The molecule has 1 aliphatic rings. The van der Waals surface area contributed by atoms with Crippen molar-refractivity contribution in [3.8, 4) is 0 Å². The Morgan fingerprint density at radius 2 is 2.05 bits per heavy atom. The summed E-state index contributed by atoms with van der Waals surface area (Å²) in [6, 6.07) is 7.67. The van der Waals surface area contributed by atoms with Crippen LogP contribution < -0.4 is 5.73 Å². The lowest BCUT2D eigenvalue weighted by atomic mass is 9.78. The fraction of sp³-hybridized carbons (Fsp3) is 0.562. The Labute approximate surface area is 126 Å². The van der Waals surface area contributed by atoms with Crippen LogP contribution in [0, 0.1) is 11.8 Å². The van der Waals surface area contributed by atoms with E-state index in [9.17, 15) is 4.79 Å². The molecule has 1 fully saturated rings. The number of halogens is 1. The SMILES string of the molecule is CN(Cc1ccccc1Cl)C(=O)C1CCCCC1CN. The predicted molar refractivity (Wildman–Crippen MR) is 82.4 cm³/mol. The maximum absolute atomic E-state index is 12.6. The average Bonchev–Trinajstić information content (AvgIpc) is 2.48. The van der Waals surface area contributed by atoms with E-state index in [1.807, 2.05) is 31.3 Å². The van der Waals surface area contributed by atoms with E-state index in [0.717, 1.165) is 24.8 Å². The Balaban J connectivity index is 2.03. The second kappa shape index (κ2) is 7.09. The molecule has 0 bridgehead atoms. The highest BCUT2D eigenvalue weighted by Gasteiger charge is 2.31. The van der Waals surface area contributed by atoms with Crippen molar-refractivity contribution < 1.29 is 4.79 Å². The molecule has 0 saturated heterocycles. The molecule has 0 spiro atoms. The van der Waals surface area contributed by atoms with E-state index in [2.05, 4.69) is 0 Å². The third-order valence-electron chi connectivity index (χ3n) is 4.27. The van der Waals surface area contributed by atoms with Gasteiger partial charge in [0.1, 0.15) is 0 Å². The quantitative estimate of drug-likeness (QED) is 0.928. The third-order valence-corrected chi connectivity index (χ3v) is 4.64. The van der Waals surface area contributed by atoms with Crippen LogP contribution in [0.15, 0.2) is 24.3 Å². The molecule has 3 nitrogen and oxygen atoms in total. The van der Waals surface area contributed by atoms with Crippen LogP contribution in [0.3, 0.4) is 0 Å². The minimum atomic E-state index is 0.0845. The molecule has 0 aliphatic heterocycles. The Morgan fingerprint density at radius 3 is 2.75 bits per heavy atom. The maximum Gasteiger partial charge on any atom is 0.226 e. The van der Waals surface area contributed by atoms with E-state index in [0.29, 0.717) is 24.0 Å². The number of rotatable bonds is 4. The number of nitrogens with zero attached hydrogens (tertiary/aromatic N) is 1. The first-order valence-corrected chi connectivity index (χ1v) is 7.69. The molecule has 110 valence electrons. The molecule has 2 atom stereocenters. The van der Waals surface area contributed by atoms with Crippen molar-refractivity contribution in [2.75, 3.05) is 13.6 Å². The number of benzene rings is 1. The Morgan fingerprint density at radius 1 is 1.35 bits per heavy atom. The van der Waals surface area contributed by atoms with Crippen LogP contribution in [-0.4, -0.2) is 24.4 Å². The Kier molecular flexibility index (Phi) is 5.44. The highest BCUT2D eigenvalue weighted by molar-refractivity contribution is 6.31. The topological polar surface area (TPSA) is 46.3 Å². The molecule has 2 N–H and O–H groups in total. The maximum atomic E-state index is 12.6. The second-order valence-electron chi connectivity index (χ2n) is 5.67. The van der Waals surface area contributed by atoms with Crippen molar-refractivity contribution >= 4 is 17.5 Å². The van der Waals surface area contributed by atoms with E-state index >= 15 is 0 Å². The summed E-state index contributed by atoms with van der Waals surface area (Å²) in [6.07, 6.45) is 4.37. The van der Waals surface area contributed by atoms with E-state index in [1.165, 1.54) is 6.42 Å². The molecule has 1 aromatic carbocycles. The summed E-state index contributed by atoms with van der Waals surface area (Å²) in [5.41, 5.74) is 6.81. The molecule has 0 radical (unpaired) electrons. The highest BCUT2D eigenvalue weighted by atomic mass is 35.5. The lowest BCUT2D eigenvalue weighted by molar-refractivity contribution is -0.137. The van der Waals surface area contributed by atoms with Crippen molar-refractivity contribution in [1.82, 2.24) is 4.90 Å². The first-order valence-electron chi connectivity index (χ1n) is 7.32. The minimum Gasteiger partial charge on any atom is -0.341 e. The summed E-state index contributed by atoms with van der Waals surface area (Å²) in [5, 5.41) is 0.714. The summed E-state index contributed by atoms with van der Waals surface area (Å²) in [4.78, 5) is 14.4. The molecule has 1 aliphatic carbocycles. The number of hydrogen-bond acceptors (Lipinski definition) is 2. The first-order chi connectivity index (χ1) is 9.63. The standard InChI is InChI=1S/C16H23ClN2O/c1-19(11-13-7-3-5-9-15(13)17)16(20)14-8-4-2-6-12(14)10-18/h3,5,7,9,12,14H,2,4,6,8,10-11,18H2,1H3. The zero-order chi connectivity index (χ0) is 14.5. The molecule has 4 heteroatoms. The molecular weight excluding hydrogens is 272 g/mol. The summed E-state index contributed by atoms with van der Waals surface area (Å²) >= 11 is 6.16. The third kappa shape index (κ3) is 3.53. The summed E-state index contributed by atoms with van der Waals surface area (Å²) in [7, 11) is 1.86. The number of amides is 1. The fourth-order valence-electron chi connectivity index (χ4n) is 3.06. The van der Waals surface area contributed by atoms with Gasteiger partial charge in [-0.05, 0) is 36.9 Å². The molecule has 0 aromatic heterocycles. The summed E-state index contributed by atoms with van der Waals surface area (Å²) < 4.78 is 0. The van der Waals surface area contributed by atoms with E-state index in [1.54, 1.807) is 4.90 Å². The second-order valence-corrected chi connectivity index (χ2v) is 6.08. The molecule has 0 heterocycles. The lowest BCUT2D eigenvalue weighted by Gasteiger charge is -2.32. The first kappa shape index (κ1) is 15.3. The van der Waals surface area contributed by atoms with Crippen molar-refractivity contribution in [1.29, 1.82) is 0 Å². The molecule has 1 saturated carbocycles. The van der Waals surface area contributed by atoms with Crippen molar-refractivity contribution in [2.24, 2.45) is 17.6 Å². The monoisotopic (exact) mass is 294 g/mol. The van der Waals surface area contributed by atoms with Crippen LogP contribution in [0.5, 0.6) is 0 Å². The Hall–Kier alpha value is -1.06. The van der Waals surface area contributed by atoms with Gasteiger partial charge >= 0.3 is 0 Å². The van der Waals surface area contributed by atoms with E-state index in [-0.39, 0.29) is 11.8 Å². The van der Waals surface area contributed by atoms with Gasteiger partial charge in [0.15, 0.2) is 0 Å². The molecule has 2 unspecified atom stereocenters. The van der Waals surface area contributed by atoms with Gasteiger partial charge in [-0.15, -0.1) is 0 Å². The normalized spacial score (nSPS) is 22.6. The van der Waals surface area contributed by atoms with Crippen molar-refractivity contribution in [2.45, 2.75) is 32.2 Å². The zero-order valence-electron chi connectivity index (χ0n) is 12.0. The largest absolute Gasteiger partial charge is 0.341 e. The van der Waals surface area contributed by atoms with Crippen LogP contribution in [-0.2, 0) is 11.3 Å². The summed E-state index contributed by atoms with van der Waals surface area (Å²) in [6.45, 7) is 1.17. The fourth-order valence-corrected chi connectivity index (χ4v) is 3.25. The van der Waals surface area contributed by atoms with Gasteiger partial charge in [0, 0.05) is 24.5 Å². The number of carbonyl (C=O) groups excluding carboxylic acids is 1. The van der Waals surface area contributed by atoms with Gasteiger partial charge < -0.3 is 10.6 Å². The van der Waals surface area contributed by atoms with Crippen LogP contribution in [0.25, 0.3) is 0 Å². The highest BCUT2D eigenvalue weighted by Crippen LogP contribution is 2.31. The molecule has 20 heavy (non-hydrogen) atoms. The van der Waals surface area contributed by atoms with E-state index < -0.39 is 0 Å². The lowest BCUT2D eigenvalue weighted by Crippen LogP contribution is -2.40. The molecule has 1 amide bonds. The van der Waals surface area contributed by atoms with Gasteiger partial charge in [-0.1, -0.05) is 42.6 Å². The van der Waals surface area contributed by atoms with E-state index in [4.69, 9.17) is 17.3 Å². The molecule has 1 aromatic rings. The van der Waals surface area contributed by atoms with Gasteiger partial charge in [-0.25, -0.2) is 0 Å². The van der Waals surface area contributed by atoms with Crippen molar-refractivity contribution in [3.63, 3.8) is 0 Å². The average molecular weight is 295 g/mol. The Bertz CT molecular complexity index is 464. The van der Waals surface area contributed by atoms with Crippen molar-refractivity contribution in [3.05, 3.63) is 34.9 Å².